The molecule has 2 N–H and O–H groups in total. The quantitative estimate of drug-likeness (QED) is 0.636. The summed E-state index contributed by atoms with van der Waals surface area (Å²) >= 11 is 1.16. The highest BCUT2D eigenvalue weighted by Crippen LogP contribution is 2.27. The van der Waals surface area contributed by atoms with E-state index in [2.05, 4.69) is 15.1 Å². The second kappa shape index (κ2) is 4.37. The van der Waals surface area contributed by atoms with Crippen LogP contribution in [0.5, 0.6) is 0 Å². The minimum Gasteiger partial charge on any atom is -0.383 e. The first-order chi connectivity index (χ1) is 8.06. The zero-order chi connectivity index (χ0) is 12.4. The molecule has 9 heteroatoms. The summed E-state index contributed by atoms with van der Waals surface area (Å²) in [6.07, 6.45) is 1.39. The topological polar surface area (TPSA) is 113 Å². The zero-order valence-corrected chi connectivity index (χ0v) is 9.59. The second-order valence-electron chi connectivity index (χ2n) is 3.11. The molecule has 0 amide bonds. The molecule has 8 nitrogen and oxygen atoms in total. The summed E-state index contributed by atoms with van der Waals surface area (Å²) in [6, 6.07) is 2.55. The molecule has 0 aliphatic carbocycles. The van der Waals surface area contributed by atoms with Gasteiger partial charge in [0.1, 0.15) is 17.2 Å². The molecular formula is C8H8N6O2S. The molecule has 0 spiro atoms. The highest BCUT2D eigenvalue weighted by atomic mass is 32.2. The molecule has 0 saturated heterocycles. The Morgan fingerprint density at radius 3 is 2.88 bits per heavy atom. The van der Waals surface area contributed by atoms with Crippen molar-refractivity contribution in [2.24, 2.45) is 7.05 Å². The average molecular weight is 252 g/mol. The van der Waals surface area contributed by atoms with Crippen LogP contribution < -0.4 is 5.73 Å². The minimum atomic E-state index is -0.515. The lowest BCUT2D eigenvalue weighted by atomic mass is 10.4. The molecule has 2 aromatic rings. The van der Waals surface area contributed by atoms with E-state index < -0.39 is 4.92 Å². The van der Waals surface area contributed by atoms with E-state index in [1.165, 1.54) is 18.5 Å². The van der Waals surface area contributed by atoms with E-state index in [0.29, 0.717) is 10.2 Å². The zero-order valence-electron chi connectivity index (χ0n) is 8.77. The normalized spacial score (nSPS) is 10.4. The Kier molecular flexibility index (Phi) is 2.91. The van der Waals surface area contributed by atoms with Crippen molar-refractivity contribution in [3.05, 3.63) is 28.6 Å². The van der Waals surface area contributed by atoms with Gasteiger partial charge in [0, 0.05) is 13.1 Å². The first-order valence-corrected chi connectivity index (χ1v) is 5.31. The Morgan fingerprint density at radius 1 is 1.53 bits per heavy atom. The summed E-state index contributed by atoms with van der Waals surface area (Å²) in [5, 5.41) is 15.5. The fourth-order valence-corrected chi connectivity index (χ4v) is 1.94. The van der Waals surface area contributed by atoms with Crippen molar-refractivity contribution in [2.75, 3.05) is 5.73 Å². The summed E-state index contributed by atoms with van der Waals surface area (Å²) in [6.45, 7) is 0. The molecule has 0 aliphatic heterocycles. The Bertz CT molecular complexity index is 569. The fourth-order valence-electron chi connectivity index (χ4n) is 1.14. The van der Waals surface area contributed by atoms with Crippen molar-refractivity contribution >= 4 is 23.3 Å². The average Bonchev–Trinajstić information content (AvgIpc) is 2.63. The summed E-state index contributed by atoms with van der Waals surface area (Å²) < 4.78 is 1.54. The van der Waals surface area contributed by atoms with E-state index in [1.807, 2.05) is 0 Å². The second-order valence-corrected chi connectivity index (χ2v) is 4.10. The van der Waals surface area contributed by atoms with Crippen molar-refractivity contribution < 1.29 is 4.92 Å². The summed E-state index contributed by atoms with van der Waals surface area (Å²) in [4.78, 5) is 18.1. The van der Waals surface area contributed by atoms with Crippen LogP contribution in [0.1, 0.15) is 0 Å². The molecule has 0 fully saturated rings. The van der Waals surface area contributed by atoms with Crippen LogP contribution in [-0.4, -0.2) is 24.7 Å². The van der Waals surface area contributed by atoms with Gasteiger partial charge in [-0.25, -0.2) is 14.6 Å². The fraction of sp³-hybridized carbons (Fsp3) is 0.125. The van der Waals surface area contributed by atoms with Crippen molar-refractivity contribution in [3.8, 4) is 0 Å². The lowest BCUT2D eigenvalue weighted by Crippen LogP contribution is -1.97. The van der Waals surface area contributed by atoms with Gasteiger partial charge < -0.3 is 5.73 Å². The Morgan fingerprint density at radius 2 is 2.29 bits per heavy atom. The lowest BCUT2D eigenvalue weighted by molar-refractivity contribution is -0.385. The summed E-state index contributed by atoms with van der Waals surface area (Å²) in [5.74, 6) is 0.101. The van der Waals surface area contributed by atoms with Crippen LogP contribution in [0.25, 0.3) is 0 Å². The summed E-state index contributed by atoms with van der Waals surface area (Å²) in [7, 11) is 1.72. The van der Waals surface area contributed by atoms with Crippen LogP contribution in [-0.2, 0) is 7.05 Å². The van der Waals surface area contributed by atoms with Crippen molar-refractivity contribution in [1.82, 2.24) is 19.7 Å². The number of aryl methyl sites for hydroxylation is 1. The first kappa shape index (κ1) is 11.3. The largest absolute Gasteiger partial charge is 0.383 e. The SMILES string of the molecule is Cn1ncnc1Sc1cc([N+](=O)[O-])cc(N)n1. The van der Waals surface area contributed by atoms with Gasteiger partial charge in [-0.15, -0.1) is 0 Å². The van der Waals surface area contributed by atoms with Gasteiger partial charge in [-0.1, -0.05) is 0 Å². The molecule has 2 aromatic heterocycles. The van der Waals surface area contributed by atoms with E-state index in [0.717, 1.165) is 11.8 Å². The highest BCUT2D eigenvalue weighted by Gasteiger charge is 2.12. The maximum atomic E-state index is 10.7. The number of nitrogens with two attached hydrogens (primary N) is 1. The number of hydrogen-bond donors (Lipinski definition) is 1. The van der Waals surface area contributed by atoms with Gasteiger partial charge in [-0.05, 0) is 11.8 Å². The Hall–Kier alpha value is -2.16. The molecule has 0 aromatic carbocycles. The van der Waals surface area contributed by atoms with Gasteiger partial charge in [-0.3, -0.25) is 10.1 Å². The molecule has 0 atom stereocenters. The maximum absolute atomic E-state index is 10.7. The lowest BCUT2D eigenvalue weighted by Gasteiger charge is -2.01. The van der Waals surface area contributed by atoms with Gasteiger partial charge in [-0.2, -0.15) is 5.10 Å². The third-order valence-corrected chi connectivity index (χ3v) is 2.85. The van der Waals surface area contributed by atoms with Gasteiger partial charge in [0.05, 0.1) is 11.0 Å². The molecule has 2 heterocycles. The highest BCUT2D eigenvalue weighted by molar-refractivity contribution is 7.99. The molecule has 0 bridgehead atoms. The third kappa shape index (κ3) is 2.50. The molecule has 17 heavy (non-hydrogen) atoms. The van der Waals surface area contributed by atoms with Crippen LogP contribution in [0, 0.1) is 10.1 Å². The molecule has 0 aliphatic rings. The molecule has 0 saturated carbocycles. The van der Waals surface area contributed by atoms with Gasteiger partial charge in [0.15, 0.2) is 5.16 Å². The van der Waals surface area contributed by atoms with Crippen LogP contribution in [0.4, 0.5) is 11.5 Å². The number of hydrogen-bond acceptors (Lipinski definition) is 7. The molecule has 88 valence electrons. The predicted molar refractivity (Wildman–Crippen MR) is 60.4 cm³/mol. The van der Waals surface area contributed by atoms with Crippen LogP contribution >= 0.6 is 11.8 Å². The number of anilines is 1. The van der Waals surface area contributed by atoms with E-state index >= 15 is 0 Å². The molecule has 0 radical (unpaired) electrons. The van der Waals surface area contributed by atoms with Gasteiger partial charge in [0.2, 0.25) is 0 Å². The Balaban J connectivity index is 2.33. The molecular weight excluding hydrogens is 244 g/mol. The molecule has 2 rings (SSSR count). The smallest absolute Gasteiger partial charge is 0.275 e. The third-order valence-electron chi connectivity index (χ3n) is 1.88. The first-order valence-electron chi connectivity index (χ1n) is 4.50. The van der Waals surface area contributed by atoms with Crippen molar-refractivity contribution in [3.63, 3.8) is 0 Å². The van der Waals surface area contributed by atoms with E-state index in [9.17, 15) is 10.1 Å². The van der Waals surface area contributed by atoms with Crippen LogP contribution in [0.3, 0.4) is 0 Å². The van der Waals surface area contributed by atoms with E-state index in [4.69, 9.17) is 5.73 Å². The van der Waals surface area contributed by atoms with Gasteiger partial charge >= 0.3 is 0 Å². The number of pyridine rings is 1. The minimum absolute atomic E-state index is 0.0952. The standard InChI is InChI=1S/C8H8N6O2S/c1-13-8(10-4-11-13)17-7-3-5(14(15)16)2-6(9)12-7/h2-4H,1H3,(H2,9,12). The maximum Gasteiger partial charge on any atom is 0.275 e. The van der Waals surface area contributed by atoms with Crippen molar-refractivity contribution in [1.29, 1.82) is 0 Å². The van der Waals surface area contributed by atoms with Crippen LogP contribution in [0.2, 0.25) is 0 Å². The number of aromatic nitrogens is 4. The number of nitro groups is 1. The summed E-state index contributed by atoms with van der Waals surface area (Å²) in [5.41, 5.74) is 5.40. The van der Waals surface area contributed by atoms with Crippen LogP contribution in [0.15, 0.2) is 28.6 Å². The number of rotatable bonds is 3. The number of nitrogen functional groups attached to an aromatic ring is 1. The molecule has 0 unspecified atom stereocenters. The van der Waals surface area contributed by atoms with Crippen molar-refractivity contribution in [2.45, 2.75) is 10.2 Å². The van der Waals surface area contributed by atoms with Gasteiger partial charge in [0.25, 0.3) is 5.69 Å². The Labute approximate surface area is 100 Å². The monoisotopic (exact) mass is 252 g/mol. The predicted octanol–water partition coefficient (Wildman–Crippen LogP) is 0.852. The number of nitrogens with zero attached hydrogens (tertiary/aromatic N) is 5. The van der Waals surface area contributed by atoms with E-state index in [1.54, 1.807) is 11.7 Å². The van der Waals surface area contributed by atoms with E-state index in [-0.39, 0.29) is 11.5 Å².